The van der Waals surface area contributed by atoms with Crippen LogP contribution in [-0.2, 0) is 6.18 Å². The van der Waals surface area contributed by atoms with Crippen LogP contribution in [0.2, 0.25) is 0 Å². The van der Waals surface area contributed by atoms with Crippen molar-refractivity contribution in [3.63, 3.8) is 0 Å². The Morgan fingerprint density at radius 3 is 2.29 bits per heavy atom. The molecule has 0 N–H and O–H groups in total. The van der Waals surface area contributed by atoms with Crippen LogP contribution in [0.5, 0.6) is 0 Å². The van der Waals surface area contributed by atoms with Crippen molar-refractivity contribution < 1.29 is 13.2 Å². The summed E-state index contributed by atoms with van der Waals surface area (Å²) in [4.78, 5) is 12.3. The van der Waals surface area contributed by atoms with E-state index in [1.165, 1.54) is 18.5 Å². The zero-order valence-corrected chi connectivity index (χ0v) is 11.2. The lowest BCUT2D eigenvalue weighted by molar-refractivity contribution is -0.137. The topological polar surface area (TPSA) is 39.8 Å². The van der Waals surface area contributed by atoms with Gasteiger partial charge in [-0.2, -0.15) is 23.0 Å². The number of aromatic nitrogens is 3. The predicted octanol–water partition coefficient (Wildman–Crippen LogP) is 3.17. The number of hydrogen-bond acceptors (Lipinski definition) is 2. The molecule has 1 saturated carbocycles. The molecule has 0 spiro atoms. The summed E-state index contributed by atoms with van der Waals surface area (Å²) in [5.74, 6) is 0. The molecule has 0 amide bonds. The first kappa shape index (κ1) is 13.9. The first-order valence-corrected chi connectivity index (χ1v) is 6.80. The van der Waals surface area contributed by atoms with Gasteiger partial charge in [-0.1, -0.05) is 12.8 Å². The second kappa shape index (κ2) is 5.05. The standard InChI is InChI=1S/C14H14F3N3O/c15-14(16,17)10-5-7-12(8-6-10)20-13(21)19(9-18-20)11-3-1-2-4-11/h5-9,11H,1-4H2. The molecule has 1 fully saturated rings. The normalized spacial score (nSPS) is 16.5. The first-order chi connectivity index (χ1) is 9.97. The highest BCUT2D eigenvalue weighted by atomic mass is 19.4. The van der Waals surface area contributed by atoms with Crippen molar-refractivity contribution in [2.45, 2.75) is 37.9 Å². The fraction of sp³-hybridized carbons (Fsp3) is 0.429. The Labute approximate surface area is 118 Å². The second-order valence-corrected chi connectivity index (χ2v) is 5.22. The van der Waals surface area contributed by atoms with Gasteiger partial charge in [0.25, 0.3) is 0 Å². The summed E-state index contributed by atoms with van der Waals surface area (Å²) in [5, 5.41) is 4.01. The third-order valence-electron chi connectivity index (χ3n) is 3.85. The molecule has 4 nitrogen and oxygen atoms in total. The molecule has 21 heavy (non-hydrogen) atoms. The molecule has 1 aliphatic rings. The zero-order chi connectivity index (χ0) is 15.0. The van der Waals surface area contributed by atoms with Gasteiger partial charge in [0.05, 0.1) is 11.3 Å². The monoisotopic (exact) mass is 297 g/mol. The minimum absolute atomic E-state index is 0.153. The van der Waals surface area contributed by atoms with Crippen LogP contribution in [0.25, 0.3) is 5.69 Å². The smallest absolute Gasteiger partial charge is 0.278 e. The molecule has 1 aromatic heterocycles. The van der Waals surface area contributed by atoms with Crippen LogP contribution in [-0.4, -0.2) is 14.3 Å². The Morgan fingerprint density at radius 1 is 1.10 bits per heavy atom. The van der Waals surface area contributed by atoms with Gasteiger partial charge in [-0.3, -0.25) is 4.57 Å². The summed E-state index contributed by atoms with van der Waals surface area (Å²) >= 11 is 0. The van der Waals surface area contributed by atoms with Crippen LogP contribution < -0.4 is 5.69 Å². The minimum Gasteiger partial charge on any atom is -0.278 e. The van der Waals surface area contributed by atoms with E-state index in [1.807, 2.05) is 0 Å². The Bertz CT molecular complexity index is 679. The number of halogens is 3. The largest absolute Gasteiger partial charge is 0.416 e. The molecule has 1 aliphatic carbocycles. The molecule has 0 atom stereocenters. The molecule has 1 heterocycles. The highest BCUT2D eigenvalue weighted by Crippen LogP contribution is 2.30. The second-order valence-electron chi connectivity index (χ2n) is 5.22. The van der Waals surface area contributed by atoms with E-state index in [4.69, 9.17) is 0 Å². The molecule has 0 aliphatic heterocycles. The fourth-order valence-electron chi connectivity index (χ4n) is 2.72. The van der Waals surface area contributed by atoms with Crippen molar-refractivity contribution in [3.8, 4) is 5.69 Å². The maximum absolute atomic E-state index is 12.5. The van der Waals surface area contributed by atoms with Gasteiger partial charge in [0.15, 0.2) is 0 Å². The van der Waals surface area contributed by atoms with Gasteiger partial charge < -0.3 is 0 Å². The Hall–Kier alpha value is -2.05. The molecule has 2 aromatic rings. The van der Waals surface area contributed by atoms with Gasteiger partial charge >= 0.3 is 11.9 Å². The first-order valence-electron chi connectivity index (χ1n) is 6.80. The van der Waals surface area contributed by atoms with Gasteiger partial charge in [-0.05, 0) is 37.1 Å². The van der Waals surface area contributed by atoms with Crippen LogP contribution in [0.4, 0.5) is 13.2 Å². The van der Waals surface area contributed by atoms with Gasteiger partial charge in [-0.15, -0.1) is 0 Å². The van der Waals surface area contributed by atoms with E-state index in [0.29, 0.717) is 5.69 Å². The fourth-order valence-corrected chi connectivity index (χ4v) is 2.72. The molecule has 1 aromatic carbocycles. The maximum Gasteiger partial charge on any atom is 0.416 e. The highest BCUT2D eigenvalue weighted by Gasteiger charge is 2.30. The summed E-state index contributed by atoms with van der Waals surface area (Å²) < 4.78 is 40.3. The van der Waals surface area contributed by atoms with E-state index in [-0.39, 0.29) is 11.7 Å². The van der Waals surface area contributed by atoms with Crippen molar-refractivity contribution >= 4 is 0 Å². The summed E-state index contributed by atoms with van der Waals surface area (Å²) in [5.41, 5.74) is -0.707. The average Bonchev–Trinajstić information content (AvgIpc) is 3.07. The van der Waals surface area contributed by atoms with Gasteiger partial charge in [0.1, 0.15) is 6.33 Å². The number of benzene rings is 1. The summed E-state index contributed by atoms with van der Waals surface area (Å²) in [7, 11) is 0. The van der Waals surface area contributed by atoms with E-state index in [9.17, 15) is 18.0 Å². The van der Waals surface area contributed by atoms with E-state index < -0.39 is 11.7 Å². The Morgan fingerprint density at radius 2 is 1.71 bits per heavy atom. The lowest BCUT2D eigenvalue weighted by Gasteiger charge is -2.08. The Kier molecular flexibility index (Phi) is 3.35. The lowest BCUT2D eigenvalue weighted by atomic mass is 10.2. The van der Waals surface area contributed by atoms with Gasteiger partial charge in [0, 0.05) is 6.04 Å². The van der Waals surface area contributed by atoms with Crippen molar-refractivity contribution in [2.75, 3.05) is 0 Å². The minimum atomic E-state index is -4.38. The third-order valence-corrected chi connectivity index (χ3v) is 3.85. The predicted molar refractivity (Wildman–Crippen MR) is 70.3 cm³/mol. The molecular formula is C14H14F3N3O. The van der Waals surface area contributed by atoms with Crippen molar-refractivity contribution in [1.82, 2.24) is 14.3 Å². The molecule has 0 saturated heterocycles. The van der Waals surface area contributed by atoms with E-state index in [2.05, 4.69) is 5.10 Å². The molecular weight excluding hydrogens is 283 g/mol. The molecule has 0 radical (unpaired) electrons. The average molecular weight is 297 g/mol. The van der Waals surface area contributed by atoms with Crippen LogP contribution in [0, 0.1) is 0 Å². The van der Waals surface area contributed by atoms with Crippen molar-refractivity contribution in [3.05, 3.63) is 46.6 Å². The third kappa shape index (κ3) is 2.59. The Balaban J connectivity index is 1.92. The van der Waals surface area contributed by atoms with Crippen molar-refractivity contribution in [2.24, 2.45) is 0 Å². The molecule has 7 heteroatoms. The quantitative estimate of drug-likeness (QED) is 0.854. The van der Waals surface area contributed by atoms with Crippen LogP contribution in [0.1, 0.15) is 37.3 Å². The summed E-state index contributed by atoms with van der Waals surface area (Å²) in [6.07, 6.45) is 1.14. The molecule has 0 bridgehead atoms. The van der Waals surface area contributed by atoms with Crippen LogP contribution in [0.3, 0.4) is 0 Å². The maximum atomic E-state index is 12.5. The zero-order valence-electron chi connectivity index (χ0n) is 11.2. The molecule has 3 rings (SSSR count). The van der Waals surface area contributed by atoms with Gasteiger partial charge in [0.2, 0.25) is 0 Å². The highest BCUT2D eigenvalue weighted by molar-refractivity contribution is 5.34. The SMILES string of the molecule is O=c1n(C2CCCC2)cnn1-c1ccc(C(F)(F)F)cc1. The van der Waals surface area contributed by atoms with E-state index in [1.54, 1.807) is 4.57 Å². The number of nitrogens with zero attached hydrogens (tertiary/aromatic N) is 3. The summed E-state index contributed by atoms with van der Waals surface area (Å²) in [6, 6.07) is 4.58. The van der Waals surface area contributed by atoms with E-state index in [0.717, 1.165) is 42.5 Å². The van der Waals surface area contributed by atoms with E-state index >= 15 is 0 Å². The molecule has 0 unspecified atom stereocenters. The van der Waals surface area contributed by atoms with Crippen LogP contribution >= 0.6 is 0 Å². The number of rotatable bonds is 2. The van der Waals surface area contributed by atoms with Gasteiger partial charge in [-0.25, -0.2) is 4.79 Å². The van der Waals surface area contributed by atoms with Crippen LogP contribution in [0.15, 0.2) is 35.4 Å². The number of hydrogen-bond donors (Lipinski definition) is 0. The molecule has 112 valence electrons. The summed E-state index contributed by atoms with van der Waals surface area (Å²) in [6.45, 7) is 0. The lowest BCUT2D eigenvalue weighted by Crippen LogP contribution is -2.25. The van der Waals surface area contributed by atoms with Crippen molar-refractivity contribution in [1.29, 1.82) is 0 Å². The number of alkyl halides is 3.